The van der Waals surface area contributed by atoms with Crippen LogP contribution in [0.1, 0.15) is 79.1 Å². The van der Waals surface area contributed by atoms with E-state index >= 15 is 0 Å². The lowest BCUT2D eigenvalue weighted by Crippen LogP contribution is -2.49. The standard InChI is InChI=1S/C26H35NO4/c1-16(28)30-15-18(14-27)22-7-8-23-21-6-5-19-13-20(31-17(2)29)9-11-25(19,3)24(21)10-12-26(22,23)4/h5,20-21,23-24H,6-13,15H2,1-4H3/b22-18+/t20-,21+,23+,24+,25-,26+/m0/s1. The van der Waals surface area contributed by atoms with Crippen molar-refractivity contribution in [2.75, 3.05) is 6.61 Å². The lowest BCUT2D eigenvalue weighted by molar-refractivity contribution is -0.148. The highest BCUT2D eigenvalue weighted by Crippen LogP contribution is 2.66. The molecular formula is C26H35NO4. The van der Waals surface area contributed by atoms with Crippen molar-refractivity contribution in [2.24, 2.45) is 28.6 Å². The Bertz CT molecular complexity index is 880. The second-order valence-electron chi connectivity index (χ2n) is 10.6. The Morgan fingerprint density at radius 1 is 1.10 bits per heavy atom. The zero-order chi connectivity index (χ0) is 22.4. The summed E-state index contributed by atoms with van der Waals surface area (Å²) in [7, 11) is 0. The molecule has 5 nitrogen and oxygen atoms in total. The molecule has 4 aliphatic rings. The molecule has 0 aromatic carbocycles. The minimum Gasteiger partial charge on any atom is -0.462 e. The first kappa shape index (κ1) is 22.1. The van der Waals surface area contributed by atoms with E-state index in [1.165, 1.54) is 31.4 Å². The summed E-state index contributed by atoms with van der Waals surface area (Å²) in [5.41, 5.74) is 3.62. The van der Waals surface area contributed by atoms with E-state index in [4.69, 9.17) is 9.47 Å². The number of hydrogen-bond donors (Lipinski definition) is 0. The van der Waals surface area contributed by atoms with Crippen molar-refractivity contribution in [3.05, 3.63) is 22.8 Å². The molecule has 3 saturated carbocycles. The van der Waals surface area contributed by atoms with Crippen LogP contribution < -0.4 is 0 Å². The van der Waals surface area contributed by atoms with Crippen LogP contribution in [-0.4, -0.2) is 24.6 Å². The van der Waals surface area contributed by atoms with Gasteiger partial charge in [-0.05, 0) is 79.1 Å². The van der Waals surface area contributed by atoms with E-state index in [0.29, 0.717) is 23.3 Å². The minimum atomic E-state index is -0.334. The molecule has 0 bridgehead atoms. The molecule has 0 radical (unpaired) electrons. The Morgan fingerprint density at radius 3 is 2.48 bits per heavy atom. The number of rotatable bonds is 3. The Labute approximate surface area is 185 Å². The summed E-state index contributed by atoms with van der Waals surface area (Å²) in [6.45, 7) is 7.79. The van der Waals surface area contributed by atoms with Crippen molar-refractivity contribution in [1.29, 1.82) is 5.26 Å². The third-order valence-electron chi connectivity index (χ3n) is 9.09. The average molecular weight is 426 g/mol. The number of hydrogen-bond acceptors (Lipinski definition) is 5. The Kier molecular flexibility index (Phi) is 5.79. The normalized spacial score (nSPS) is 40.4. The molecule has 0 amide bonds. The molecule has 0 heterocycles. The largest absolute Gasteiger partial charge is 0.462 e. The van der Waals surface area contributed by atoms with Crippen LogP contribution >= 0.6 is 0 Å². The molecule has 168 valence electrons. The fourth-order valence-electron chi connectivity index (χ4n) is 7.63. The number of allylic oxidation sites excluding steroid dienone is 2. The number of fused-ring (bicyclic) bond motifs is 5. The Morgan fingerprint density at radius 2 is 1.81 bits per heavy atom. The minimum absolute atomic E-state index is 0.0303. The molecule has 0 spiro atoms. The molecule has 4 rings (SSSR count). The average Bonchev–Trinajstić information content (AvgIpc) is 3.05. The van der Waals surface area contributed by atoms with Gasteiger partial charge in [0.05, 0.1) is 11.6 Å². The monoisotopic (exact) mass is 425 g/mol. The van der Waals surface area contributed by atoms with Gasteiger partial charge in [-0.1, -0.05) is 25.5 Å². The molecule has 0 saturated heterocycles. The molecule has 0 unspecified atom stereocenters. The second kappa shape index (κ2) is 8.11. The van der Waals surface area contributed by atoms with E-state index in [1.807, 2.05) is 0 Å². The van der Waals surface area contributed by atoms with Crippen LogP contribution in [0.4, 0.5) is 0 Å². The summed E-state index contributed by atoms with van der Waals surface area (Å²) in [6.07, 6.45) is 10.8. The van der Waals surface area contributed by atoms with Crippen LogP contribution in [0.15, 0.2) is 22.8 Å². The molecule has 3 fully saturated rings. The number of carbonyl (C=O) groups excluding carboxylic acids is 2. The summed E-state index contributed by atoms with van der Waals surface area (Å²) < 4.78 is 10.7. The van der Waals surface area contributed by atoms with Gasteiger partial charge < -0.3 is 9.47 Å². The van der Waals surface area contributed by atoms with Crippen LogP contribution in [0.5, 0.6) is 0 Å². The molecular weight excluding hydrogens is 390 g/mol. The van der Waals surface area contributed by atoms with Crippen molar-refractivity contribution >= 4 is 11.9 Å². The van der Waals surface area contributed by atoms with E-state index < -0.39 is 0 Å². The van der Waals surface area contributed by atoms with Crippen molar-refractivity contribution in [3.63, 3.8) is 0 Å². The first-order valence-electron chi connectivity index (χ1n) is 11.8. The van der Waals surface area contributed by atoms with Gasteiger partial charge in [0.15, 0.2) is 0 Å². The van der Waals surface area contributed by atoms with Gasteiger partial charge in [-0.15, -0.1) is 0 Å². The molecule has 4 aliphatic carbocycles. The topological polar surface area (TPSA) is 76.4 Å². The number of carbonyl (C=O) groups is 2. The zero-order valence-corrected chi connectivity index (χ0v) is 19.3. The van der Waals surface area contributed by atoms with Gasteiger partial charge in [-0.2, -0.15) is 5.26 Å². The highest BCUT2D eigenvalue weighted by Gasteiger charge is 2.57. The third-order valence-corrected chi connectivity index (χ3v) is 9.09. The lowest BCUT2D eigenvalue weighted by atomic mass is 9.47. The maximum absolute atomic E-state index is 11.4. The maximum atomic E-state index is 11.4. The molecule has 0 aliphatic heterocycles. The summed E-state index contributed by atoms with van der Waals surface area (Å²) in [5.74, 6) is 1.34. The van der Waals surface area contributed by atoms with Crippen molar-refractivity contribution in [2.45, 2.75) is 85.2 Å². The molecule has 31 heavy (non-hydrogen) atoms. The van der Waals surface area contributed by atoms with Crippen LogP contribution in [0.3, 0.4) is 0 Å². The van der Waals surface area contributed by atoms with E-state index in [-0.39, 0.29) is 35.5 Å². The molecule has 5 heteroatoms. The fraction of sp³-hybridized carbons (Fsp3) is 0.731. The van der Waals surface area contributed by atoms with Crippen molar-refractivity contribution < 1.29 is 19.1 Å². The number of ether oxygens (including phenoxy) is 2. The van der Waals surface area contributed by atoms with E-state index in [0.717, 1.165) is 44.9 Å². The van der Waals surface area contributed by atoms with Crippen molar-refractivity contribution in [3.8, 4) is 6.07 Å². The van der Waals surface area contributed by atoms with Crippen LogP contribution in [0, 0.1) is 39.9 Å². The number of nitriles is 1. The quantitative estimate of drug-likeness (QED) is 0.350. The van der Waals surface area contributed by atoms with Crippen LogP contribution in [0.25, 0.3) is 0 Å². The predicted octanol–water partition coefficient (Wildman–Crippen LogP) is 5.26. The summed E-state index contributed by atoms with van der Waals surface area (Å²) >= 11 is 0. The van der Waals surface area contributed by atoms with E-state index in [2.05, 4.69) is 26.0 Å². The number of esters is 2. The third kappa shape index (κ3) is 3.73. The summed E-state index contributed by atoms with van der Waals surface area (Å²) in [4.78, 5) is 22.7. The van der Waals surface area contributed by atoms with Gasteiger partial charge in [-0.25, -0.2) is 0 Å². The van der Waals surface area contributed by atoms with E-state index in [9.17, 15) is 14.9 Å². The predicted molar refractivity (Wildman–Crippen MR) is 117 cm³/mol. The maximum Gasteiger partial charge on any atom is 0.302 e. The van der Waals surface area contributed by atoms with Gasteiger partial charge >= 0.3 is 11.9 Å². The molecule has 0 aromatic rings. The SMILES string of the molecule is CC(=O)OC/C(C#N)=C1\CC[C@@H]2[C@H]3CC=C4C[C@@H](OC(C)=O)CC[C@]4(C)[C@@H]3CC[C@]12C. The highest BCUT2D eigenvalue weighted by molar-refractivity contribution is 5.66. The second-order valence-corrected chi connectivity index (χ2v) is 10.6. The highest BCUT2D eigenvalue weighted by atomic mass is 16.5. The first-order valence-corrected chi connectivity index (χ1v) is 11.8. The smallest absolute Gasteiger partial charge is 0.302 e. The van der Waals surface area contributed by atoms with Gasteiger partial charge in [0.25, 0.3) is 0 Å². The van der Waals surface area contributed by atoms with Gasteiger partial charge in [0.1, 0.15) is 12.7 Å². The van der Waals surface area contributed by atoms with Crippen LogP contribution in [0.2, 0.25) is 0 Å². The zero-order valence-electron chi connectivity index (χ0n) is 19.3. The van der Waals surface area contributed by atoms with Gasteiger partial charge in [-0.3, -0.25) is 9.59 Å². The van der Waals surface area contributed by atoms with Gasteiger partial charge in [0.2, 0.25) is 0 Å². The summed E-state index contributed by atoms with van der Waals surface area (Å²) in [5, 5.41) is 9.77. The van der Waals surface area contributed by atoms with Gasteiger partial charge in [0, 0.05) is 20.3 Å². The van der Waals surface area contributed by atoms with E-state index in [1.54, 1.807) is 0 Å². The number of nitrogens with zero attached hydrogens (tertiary/aromatic N) is 1. The Hall–Kier alpha value is -2.09. The van der Waals surface area contributed by atoms with Crippen molar-refractivity contribution in [1.82, 2.24) is 0 Å². The molecule has 0 N–H and O–H groups in total. The van der Waals surface area contributed by atoms with Crippen LogP contribution in [-0.2, 0) is 19.1 Å². The lowest BCUT2D eigenvalue weighted by Gasteiger charge is -2.57. The Balaban J connectivity index is 1.58. The molecule has 0 aromatic heterocycles. The fourth-order valence-corrected chi connectivity index (χ4v) is 7.63. The first-order chi connectivity index (χ1) is 14.7. The molecule has 6 atom stereocenters. The summed E-state index contributed by atoms with van der Waals surface area (Å²) in [6, 6.07) is 2.35.